The van der Waals surface area contributed by atoms with Crippen LogP contribution >= 0.6 is 27.5 Å². The van der Waals surface area contributed by atoms with E-state index in [1.54, 1.807) is 18.2 Å². The van der Waals surface area contributed by atoms with Gasteiger partial charge < -0.3 is 18.7 Å². The summed E-state index contributed by atoms with van der Waals surface area (Å²) in [6, 6.07) is 8.51. The van der Waals surface area contributed by atoms with Gasteiger partial charge in [-0.25, -0.2) is 0 Å². The molecule has 0 saturated heterocycles. The second kappa shape index (κ2) is 8.70. The first-order chi connectivity index (χ1) is 13.4. The molecule has 0 fully saturated rings. The van der Waals surface area contributed by atoms with Gasteiger partial charge in [-0.2, -0.15) is 8.78 Å². The van der Waals surface area contributed by atoms with Crippen molar-refractivity contribution in [2.24, 2.45) is 0 Å². The molecule has 0 unspecified atom stereocenters. The first kappa shape index (κ1) is 20.3. The zero-order valence-electron chi connectivity index (χ0n) is 14.1. The second-order valence-electron chi connectivity index (χ2n) is 5.55. The molecule has 3 aromatic rings. The molecule has 9 heteroatoms. The fourth-order valence-corrected chi connectivity index (χ4v) is 3.17. The summed E-state index contributed by atoms with van der Waals surface area (Å²) in [5.41, 5.74) is -0.197. The van der Waals surface area contributed by atoms with Crippen molar-refractivity contribution >= 4 is 44.8 Å². The number of fused-ring (bicyclic) bond motifs is 1. The number of carbonyl (C=O) groups is 1. The maximum Gasteiger partial charge on any atom is 0.387 e. The molecule has 5 nitrogen and oxygen atoms in total. The molecular formula is C19H12BrClF2O5. The van der Waals surface area contributed by atoms with Crippen LogP contribution in [0.3, 0.4) is 0 Å². The van der Waals surface area contributed by atoms with Crippen LogP contribution in [0.4, 0.5) is 8.78 Å². The van der Waals surface area contributed by atoms with Crippen LogP contribution in [0.2, 0.25) is 5.02 Å². The highest BCUT2D eigenvalue weighted by atomic mass is 79.9. The molecule has 0 aliphatic carbocycles. The Labute approximate surface area is 170 Å². The van der Waals surface area contributed by atoms with E-state index in [0.29, 0.717) is 10.8 Å². The molecule has 0 N–H and O–H groups in total. The first-order valence-corrected chi connectivity index (χ1v) is 9.15. The minimum atomic E-state index is -3.09. The van der Waals surface area contributed by atoms with Gasteiger partial charge in [-0.05, 0) is 40.2 Å². The molecule has 0 aliphatic rings. The predicted molar refractivity (Wildman–Crippen MR) is 103 cm³/mol. The first-order valence-electron chi connectivity index (χ1n) is 7.98. The quantitative estimate of drug-likeness (QED) is 0.337. The smallest absolute Gasteiger partial charge is 0.387 e. The van der Waals surface area contributed by atoms with Gasteiger partial charge in [0.2, 0.25) is 0 Å². The largest absolute Gasteiger partial charge is 0.492 e. The van der Waals surface area contributed by atoms with E-state index >= 15 is 0 Å². The number of hydrogen-bond acceptors (Lipinski definition) is 5. The number of carbonyl (C=O) groups excluding carboxylic acids is 1. The number of halogens is 4. The van der Waals surface area contributed by atoms with Gasteiger partial charge in [0, 0.05) is 12.5 Å². The maximum atomic E-state index is 12.9. The van der Waals surface area contributed by atoms with E-state index in [9.17, 15) is 18.4 Å². The minimum Gasteiger partial charge on any atom is -0.492 e. The van der Waals surface area contributed by atoms with E-state index in [1.165, 1.54) is 12.1 Å². The van der Waals surface area contributed by atoms with Crippen molar-refractivity contribution in [3.63, 3.8) is 0 Å². The predicted octanol–water partition coefficient (Wildman–Crippen LogP) is 5.45. The zero-order valence-corrected chi connectivity index (χ0v) is 16.4. The van der Waals surface area contributed by atoms with Crippen molar-refractivity contribution in [1.29, 1.82) is 0 Å². The van der Waals surface area contributed by atoms with Crippen LogP contribution in [0, 0.1) is 0 Å². The third-order valence-electron chi connectivity index (χ3n) is 3.72. The molecule has 0 spiro atoms. The standard InChI is InChI=1S/C19H12BrClF2O5/c20-12-8-15(28-19(22)23)11(7-17(12)26-6-2-5-24)16-9-14(25)10-3-1-4-13(21)18(10)27-16/h1,3-5,7-9,19H,2,6H2. The van der Waals surface area contributed by atoms with E-state index in [-0.39, 0.29) is 51.8 Å². The Hall–Kier alpha value is -2.45. The summed E-state index contributed by atoms with van der Waals surface area (Å²) < 4.78 is 41.8. The molecular weight excluding hydrogens is 462 g/mol. The monoisotopic (exact) mass is 472 g/mol. The highest BCUT2D eigenvalue weighted by molar-refractivity contribution is 9.10. The molecule has 146 valence electrons. The van der Waals surface area contributed by atoms with E-state index in [4.69, 9.17) is 20.8 Å². The average Bonchev–Trinajstić information content (AvgIpc) is 2.64. The summed E-state index contributed by atoms with van der Waals surface area (Å²) in [4.78, 5) is 22.9. The van der Waals surface area contributed by atoms with Crippen LogP contribution in [0.25, 0.3) is 22.3 Å². The van der Waals surface area contributed by atoms with Crippen LogP contribution in [-0.2, 0) is 4.79 Å². The summed E-state index contributed by atoms with van der Waals surface area (Å²) in [6.45, 7) is -3.01. The molecule has 28 heavy (non-hydrogen) atoms. The lowest BCUT2D eigenvalue weighted by molar-refractivity contribution is -0.108. The van der Waals surface area contributed by atoms with Gasteiger partial charge in [-0.1, -0.05) is 17.7 Å². The Morgan fingerprint density at radius 3 is 2.71 bits per heavy atom. The number of hydrogen-bond donors (Lipinski definition) is 0. The Morgan fingerprint density at radius 1 is 1.21 bits per heavy atom. The van der Waals surface area contributed by atoms with Gasteiger partial charge in [0.1, 0.15) is 23.5 Å². The molecule has 1 aromatic heterocycles. The fraction of sp³-hybridized carbons (Fsp3) is 0.158. The van der Waals surface area contributed by atoms with Gasteiger partial charge in [0.15, 0.2) is 11.0 Å². The highest BCUT2D eigenvalue weighted by Gasteiger charge is 2.19. The Kier molecular flexibility index (Phi) is 6.31. The van der Waals surface area contributed by atoms with Crippen molar-refractivity contribution in [3.05, 3.63) is 56.1 Å². The summed E-state index contributed by atoms with van der Waals surface area (Å²) in [6.07, 6.45) is 0.838. The second-order valence-corrected chi connectivity index (χ2v) is 6.81. The number of rotatable bonds is 7. The number of ether oxygens (including phenoxy) is 2. The summed E-state index contributed by atoms with van der Waals surface area (Å²) in [5.74, 6) is 0.0218. The molecule has 0 bridgehead atoms. The van der Waals surface area contributed by atoms with Crippen molar-refractivity contribution in [1.82, 2.24) is 0 Å². The zero-order chi connectivity index (χ0) is 20.3. The normalized spacial score (nSPS) is 11.0. The fourth-order valence-electron chi connectivity index (χ4n) is 2.52. The summed E-state index contributed by atoms with van der Waals surface area (Å²) in [5, 5.41) is 0.458. The number of benzene rings is 2. The Balaban J connectivity index is 2.19. The lowest BCUT2D eigenvalue weighted by Gasteiger charge is -2.15. The molecule has 1 heterocycles. The van der Waals surface area contributed by atoms with E-state index in [0.717, 1.165) is 6.07 Å². The van der Waals surface area contributed by atoms with Crippen LogP contribution in [-0.4, -0.2) is 19.5 Å². The summed E-state index contributed by atoms with van der Waals surface area (Å²) in [7, 11) is 0. The topological polar surface area (TPSA) is 65.7 Å². The van der Waals surface area contributed by atoms with Crippen molar-refractivity contribution in [3.8, 4) is 22.8 Å². The number of para-hydroxylation sites is 1. The third kappa shape index (κ3) is 4.34. The van der Waals surface area contributed by atoms with Crippen LogP contribution in [0.15, 0.2) is 50.1 Å². The molecule has 0 saturated carbocycles. The molecule has 0 atom stereocenters. The Morgan fingerprint density at radius 2 is 2.00 bits per heavy atom. The third-order valence-corrected chi connectivity index (χ3v) is 4.63. The molecule has 0 amide bonds. The van der Waals surface area contributed by atoms with Gasteiger partial charge in [0.25, 0.3) is 0 Å². The number of alkyl halides is 2. The van der Waals surface area contributed by atoms with E-state index in [2.05, 4.69) is 20.7 Å². The molecule has 3 rings (SSSR count). The van der Waals surface area contributed by atoms with Crippen LogP contribution in [0.5, 0.6) is 11.5 Å². The SMILES string of the molecule is O=CCCOc1cc(-c2cc(=O)c3cccc(Cl)c3o2)c(OC(F)F)cc1Br. The lowest BCUT2D eigenvalue weighted by atomic mass is 10.1. The van der Waals surface area contributed by atoms with Gasteiger partial charge >= 0.3 is 6.61 Å². The molecule has 0 radical (unpaired) electrons. The highest BCUT2D eigenvalue weighted by Crippen LogP contribution is 2.40. The maximum absolute atomic E-state index is 12.9. The summed E-state index contributed by atoms with van der Waals surface area (Å²) >= 11 is 9.31. The Bertz CT molecular complexity index is 1080. The minimum absolute atomic E-state index is 0.0195. The van der Waals surface area contributed by atoms with Gasteiger partial charge in [-0.3, -0.25) is 4.79 Å². The van der Waals surface area contributed by atoms with Crippen LogP contribution < -0.4 is 14.9 Å². The van der Waals surface area contributed by atoms with Crippen molar-refractivity contribution < 1.29 is 27.5 Å². The van der Waals surface area contributed by atoms with E-state index < -0.39 is 12.0 Å². The van der Waals surface area contributed by atoms with Crippen LogP contribution in [0.1, 0.15) is 6.42 Å². The lowest BCUT2D eigenvalue weighted by Crippen LogP contribution is -2.06. The van der Waals surface area contributed by atoms with E-state index in [1.807, 2.05) is 0 Å². The molecule has 0 aliphatic heterocycles. The molecule has 2 aromatic carbocycles. The van der Waals surface area contributed by atoms with Gasteiger partial charge in [-0.15, -0.1) is 0 Å². The van der Waals surface area contributed by atoms with Gasteiger partial charge in [0.05, 0.1) is 27.1 Å². The van der Waals surface area contributed by atoms with Crippen molar-refractivity contribution in [2.75, 3.05) is 6.61 Å². The average molecular weight is 474 g/mol. The van der Waals surface area contributed by atoms with Crippen molar-refractivity contribution in [2.45, 2.75) is 13.0 Å². The number of aldehydes is 1.